The van der Waals surface area contributed by atoms with Crippen LogP contribution < -0.4 is 16.0 Å². The summed E-state index contributed by atoms with van der Waals surface area (Å²) in [5.41, 5.74) is 3.85. The number of carbonyl (C=O) groups excluding carboxylic acids is 3. The minimum absolute atomic E-state index is 0.103. The summed E-state index contributed by atoms with van der Waals surface area (Å²) in [5.74, 6) is -0.909. The molecule has 0 radical (unpaired) electrons. The van der Waals surface area contributed by atoms with Crippen molar-refractivity contribution < 1.29 is 19.1 Å². The molecular formula is C32H27ClN8O4. The number of carbonyl (C=O) groups is 3. The Hall–Kier alpha value is -5.88. The van der Waals surface area contributed by atoms with E-state index in [1.54, 1.807) is 73.1 Å². The van der Waals surface area contributed by atoms with E-state index in [4.69, 9.17) is 16.3 Å². The Kier molecular flexibility index (Phi) is 10.2. The number of pyridine rings is 1. The molecule has 0 spiro atoms. The smallest absolute Gasteiger partial charge is 0.411 e. The third-order valence-corrected chi connectivity index (χ3v) is 6.67. The fraction of sp³-hybridized carbons (Fsp3) is 0.0938. The molecule has 0 aliphatic carbocycles. The maximum Gasteiger partial charge on any atom is 0.411 e. The van der Waals surface area contributed by atoms with Crippen molar-refractivity contribution in [2.45, 2.75) is 19.1 Å². The third kappa shape index (κ3) is 9.05. The van der Waals surface area contributed by atoms with Crippen molar-refractivity contribution in [3.63, 3.8) is 0 Å². The number of hydrogen-bond donors (Lipinski definition) is 3. The van der Waals surface area contributed by atoms with Gasteiger partial charge < -0.3 is 15.4 Å². The number of ether oxygens (including phenoxy) is 1. The number of halogens is 1. The predicted molar refractivity (Wildman–Crippen MR) is 168 cm³/mol. The third-order valence-electron chi connectivity index (χ3n) is 6.43. The molecule has 1 atom stereocenters. The van der Waals surface area contributed by atoms with Crippen molar-refractivity contribution in [3.8, 4) is 5.69 Å². The molecule has 13 heteroatoms. The maximum absolute atomic E-state index is 13.4. The molecule has 3 N–H and O–H groups in total. The van der Waals surface area contributed by atoms with E-state index in [0.29, 0.717) is 27.6 Å². The van der Waals surface area contributed by atoms with Gasteiger partial charge in [0.15, 0.2) is 0 Å². The lowest BCUT2D eigenvalue weighted by molar-refractivity contribution is -0.123. The zero-order valence-electron chi connectivity index (χ0n) is 23.7. The van der Waals surface area contributed by atoms with Crippen LogP contribution in [0, 0.1) is 0 Å². The van der Waals surface area contributed by atoms with Crippen LogP contribution in [0.1, 0.15) is 16.7 Å². The molecule has 3 aromatic carbocycles. The van der Waals surface area contributed by atoms with Gasteiger partial charge in [0.1, 0.15) is 19.0 Å². The van der Waals surface area contributed by atoms with Crippen LogP contribution in [-0.4, -0.2) is 49.1 Å². The lowest BCUT2D eigenvalue weighted by Crippen LogP contribution is -2.44. The van der Waals surface area contributed by atoms with Gasteiger partial charge >= 0.3 is 6.09 Å². The highest BCUT2D eigenvalue weighted by Gasteiger charge is 2.21. The molecule has 5 aromatic rings. The second kappa shape index (κ2) is 15.0. The summed E-state index contributed by atoms with van der Waals surface area (Å²) in [5, 5.41) is 19.9. The Morgan fingerprint density at radius 1 is 0.889 bits per heavy atom. The molecule has 2 heterocycles. The highest BCUT2D eigenvalue weighted by atomic mass is 35.5. The normalized spacial score (nSPS) is 11.5. The molecule has 0 aliphatic rings. The first-order chi connectivity index (χ1) is 21.9. The van der Waals surface area contributed by atoms with Crippen molar-refractivity contribution in [3.05, 3.63) is 131 Å². The number of nitrogens with one attached hydrogen (secondary N) is 3. The Morgan fingerprint density at radius 2 is 1.62 bits per heavy atom. The molecule has 226 valence electrons. The number of aromatic nitrogens is 5. The Bertz CT molecular complexity index is 1770. The largest absolute Gasteiger partial charge is 0.444 e. The van der Waals surface area contributed by atoms with Gasteiger partial charge in [-0.1, -0.05) is 41.9 Å². The van der Waals surface area contributed by atoms with E-state index in [-0.39, 0.29) is 13.0 Å². The SMILES string of the molecule is O=C(C=Cc1cc(Cl)ccc1-n1cnnn1)N[C@@H](Cc1ccccc1)C(=O)Nc1ccc(NC(=O)OCc2ccncc2)cc1. The Morgan fingerprint density at radius 3 is 2.33 bits per heavy atom. The van der Waals surface area contributed by atoms with Crippen molar-refractivity contribution in [2.75, 3.05) is 10.6 Å². The van der Waals surface area contributed by atoms with Crippen LogP contribution in [0.25, 0.3) is 11.8 Å². The average molecular weight is 623 g/mol. The molecular weight excluding hydrogens is 596 g/mol. The highest BCUT2D eigenvalue weighted by molar-refractivity contribution is 6.30. The van der Waals surface area contributed by atoms with E-state index in [2.05, 4.69) is 36.5 Å². The molecule has 0 fully saturated rings. The van der Waals surface area contributed by atoms with E-state index in [0.717, 1.165) is 11.1 Å². The van der Waals surface area contributed by atoms with Crippen molar-refractivity contribution in [1.82, 2.24) is 30.5 Å². The zero-order chi connectivity index (χ0) is 31.4. The summed E-state index contributed by atoms with van der Waals surface area (Å²) >= 11 is 6.18. The highest BCUT2D eigenvalue weighted by Crippen LogP contribution is 2.20. The van der Waals surface area contributed by atoms with Gasteiger partial charge in [-0.3, -0.25) is 19.9 Å². The lowest BCUT2D eigenvalue weighted by Gasteiger charge is -2.18. The number of benzene rings is 3. The second-order valence-electron chi connectivity index (χ2n) is 9.66. The Balaban J connectivity index is 1.23. The van der Waals surface area contributed by atoms with Crippen LogP contribution in [0.2, 0.25) is 5.02 Å². The number of hydrogen-bond acceptors (Lipinski definition) is 8. The molecule has 2 aromatic heterocycles. The number of anilines is 2. The molecule has 5 rings (SSSR count). The molecule has 0 saturated heterocycles. The summed E-state index contributed by atoms with van der Waals surface area (Å²) in [6.07, 6.45) is 7.19. The summed E-state index contributed by atoms with van der Waals surface area (Å²) < 4.78 is 6.67. The predicted octanol–water partition coefficient (Wildman–Crippen LogP) is 4.84. The van der Waals surface area contributed by atoms with Gasteiger partial charge in [0, 0.05) is 46.9 Å². The van der Waals surface area contributed by atoms with Crippen molar-refractivity contribution in [1.29, 1.82) is 0 Å². The first-order valence-electron chi connectivity index (χ1n) is 13.7. The van der Waals surface area contributed by atoms with E-state index < -0.39 is 23.9 Å². The van der Waals surface area contributed by atoms with Gasteiger partial charge in [-0.15, -0.1) is 5.10 Å². The van der Waals surface area contributed by atoms with Crippen LogP contribution in [0.3, 0.4) is 0 Å². The minimum atomic E-state index is -0.899. The molecule has 0 aliphatic heterocycles. The minimum Gasteiger partial charge on any atom is -0.444 e. The number of tetrazole rings is 1. The Labute approximate surface area is 263 Å². The fourth-order valence-electron chi connectivity index (χ4n) is 4.23. The standard InChI is InChI=1S/C32H27ClN8O4/c33-25-7-12-29(41-21-35-39-40-41)24(19-25)6-13-30(42)38-28(18-22-4-2-1-3-5-22)31(43)36-26-8-10-27(11-9-26)37-32(44)45-20-23-14-16-34-17-15-23/h1-17,19,21,28H,18,20H2,(H,36,43)(H,37,44)(H,38,42)/t28-/m0/s1. The summed E-state index contributed by atoms with van der Waals surface area (Å²) in [7, 11) is 0. The molecule has 3 amide bonds. The molecule has 0 saturated carbocycles. The van der Waals surface area contributed by atoms with Gasteiger partial charge in [-0.05, 0) is 82.2 Å². The quantitative estimate of drug-likeness (QED) is 0.177. The monoisotopic (exact) mass is 622 g/mol. The van der Waals surface area contributed by atoms with Gasteiger partial charge in [0.2, 0.25) is 11.8 Å². The number of rotatable bonds is 11. The second-order valence-corrected chi connectivity index (χ2v) is 10.1. The van der Waals surface area contributed by atoms with E-state index >= 15 is 0 Å². The van der Waals surface area contributed by atoms with Crippen molar-refractivity contribution in [2.24, 2.45) is 0 Å². The lowest BCUT2D eigenvalue weighted by atomic mass is 10.0. The molecule has 0 unspecified atom stereocenters. The zero-order valence-corrected chi connectivity index (χ0v) is 24.5. The fourth-order valence-corrected chi connectivity index (χ4v) is 4.41. The first kappa shape index (κ1) is 30.6. The molecule has 45 heavy (non-hydrogen) atoms. The average Bonchev–Trinajstić information content (AvgIpc) is 3.59. The molecule has 0 bridgehead atoms. The van der Waals surface area contributed by atoms with E-state index in [1.165, 1.54) is 17.1 Å². The summed E-state index contributed by atoms with van der Waals surface area (Å²) in [4.78, 5) is 42.5. The maximum atomic E-state index is 13.4. The summed E-state index contributed by atoms with van der Waals surface area (Å²) in [6.45, 7) is 0.103. The van der Waals surface area contributed by atoms with Gasteiger partial charge in [0.25, 0.3) is 0 Å². The summed E-state index contributed by atoms with van der Waals surface area (Å²) in [6, 6.07) is 23.6. The van der Waals surface area contributed by atoms with Crippen LogP contribution in [-0.2, 0) is 27.4 Å². The van der Waals surface area contributed by atoms with Crippen LogP contribution in [0.5, 0.6) is 0 Å². The van der Waals surface area contributed by atoms with Gasteiger partial charge in [-0.25, -0.2) is 4.79 Å². The number of nitrogens with zero attached hydrogens (tertiary/aromatic N) is 5. The van der Waals surface area contributed by atoms with Crippen LogP contribution >= 0.6 is 11.6 Å². The topological polar surface area (TPSA) is 153 Å². The number of amides is 3. The van der Waals surface area contributed by atoms with Gasteiger partial charge in [-0.2, -0.15) is 4.68 Å². The van der Waals surface area contributed by atoms with Gasteiger partial charge in [0.05, 0.1) is 5.69 Å². The van der Waals surface area contributed by atoms with E-state index in [1.807, 2.05) is 30.3 Å². The first-order valence-corrected chi connectivity index (χ1v) is 14.1. The van der Waals surface area contributed by atoms with Crippen LogP contribution in [0.4, 0.5) is 16.2 Å². The molecule has 12 nitrogen and oxygen atoms in total. The van der Waals surface area contributed by atoms with Crippen LogP contribution in [0.15, 0.2) is 110 Å². The van der Waals surface area contributed by atoms with E-state index in [9.17, 15) is 14.4 Å². The van der Waals surface area contributed by atoms with Crippen molar-refractivity contribution >= 4 is 47.0 Å².